The highest BCUT2D eigenvalue weighted by molar-refractivity contribution is 5.94. The minimum Gasteiger partial charge on any atom is -0.382 e. The van der Waals surface area contributed by atoms with Crippen LogP contribution in [-0.2, 0) is 0 Å². The van der Waals surface area contributed by atoms with Crippen molar-refractivity contribution in [2.45, 2.75) is 13.0 Å². The third kappa shape index (κ3) is 3.67. The Morgan fingerprint density at radius 3 is 2.81 bits per heavy atom. The van der Waals surface area contributed by atoms with Crippen molar-refractivity contribution in [2.24, 2.45) is 0 Å². The van der Waals surface area contributed by atoms with Gasteiger partial charge in [-0.15, -0.1) is 0 Å². The molecule has 1 atom stereocenters. The number of imidazole rings is 1. The molecule has 0 saturated carbocycles. The number of fused-ring (bicyclic) bond motifs is 1. The van der Waals surface area contributed by atoms with E-state index >= 15 is 0 Å². The van der Waals surface area contributed by atoms with Gasteiger partial charge in [0.2, 0.25) is 0 Å². The normalized spacial score (nSPS) is 11.7. The van der Waals surface area contributed by atoms with Crippen molar-refractivity contribution in [3.05, 3.63) is 71.6 Å². The highest BCUT2D eigenvalue weighted by atomic mass is 19.1. The number of benzene rings is 2. The van der Waals surface area contributed by atoms with Gasteiger partial charge in [0.05, 0.1) is 17.1 Å². The van der Waals surface area contributed by atoms with Crippen LogP contribution in [0.3, 0.4) is 0 Å². The third-order valence-corrected chi connectivity index (χ3v) is 4.96. The summed E-state index contributed by atoms with van der Waals surface area (Å²) in [6.45, 7) is 1.83. The van der Waals surface area contributed by atoms with Crippen molar-refractivity contribution in [3.63, 3.8) is 0 Å². The number of rotatable bonds is 5. The monoisotopic (exact) mass is 430 g/mol. The number of nitrogens with zero attached hydrogens (tertiary/aromatic N) is 5. The average molecular weight is 430 g/mol. The van der Waals surface area contributed by atoms with E-state index in [-0.39, 0.29) is 23.1 Å². The van der Waals surface area contributed by atoms with Crippen molar-refractivity contribution in [1.82, 2.24) is 24.8 Å². The number of hydrogen-bond acceptors (Lipinski definition) is 7. The quantitative estimate of drug-likeness (QED) is 0.443. The standard InChI is InChI=1S/C22H19FN8O/c1-12(29-20-16(10-24)19(25)27-11-28-20)21-30-17-7-6-14(23)9-18(17)31(21)15-5-3-4-13(8-15)22(32)26-2/h3-9,11-12H,1-2H3,(H,26,32)(H3,25,27,28,29)/t12-/m0/s1. The number of carbonyl (C=O) groups excluding carboxylic acids is 1. The zero-order valence-electron chi connectivity index (χ0n) is 17.3. The highest BCUT2D eigenvalue weighted by Gasteiger charge is 2.21. The summed E-state index contributed by atoms with van der Waals surface area (Å²) < 4.78 is 15.9. The maximum atomic E-state index is 14.1. The average Bonchev–Trinajstić information content (AvgIpc) is 3.17. The van der Waals surface area contributed by atoms with Gasteiger partial charge in [0.25, 0.3) is 5.91 Å². The van der Waals surface area contributed by atoms with Crippen LogP contribution in [0.1, 0.15) is 34.7 Å². The molecule has 0 bridgehead atoms. The van der Waals surface area contributed by atoms with Crippen LogP contribution in [0.5, 0.6) is 0 Å². The first kappa shape index (κ1) is 20.7. The number of nitrogens with two attached hydrogens (primary N) is 1. The van der Waals surface area contributed by atoms with Gasteiger partial charge in [-0.2, -0.15) is 5.26 Å². The topological polar surface area (TPSA) is 135 Å². The Labute approximate surface area is 182 Å². The van der Waals surface area contributed by atoms with Crippen LogP contribution in [0.4, 0.5) is 16.0 Å². The smallest absolute Gasteiger partial charge is 0.251 e. The van der Waals surface area contributed by atoms with Gasteiger partial charge in [0, 0.05) is 24.4 Å². The summed E-state index contributed by atoms with van der Waals surface area (Å²) in [6, 6.07) is 12.8. The van der Waals surface area contributed by atoms with E-state index in [4.69, 9.17) is 5.73 Å². The summed E-state index contributed by atoms with van der Waals surface area (Å²) in [7, 11) is 1.55. The lowest BCUT2D eigenvalue weighted by atomic mass is 10.1. The van der Waals surface area contributed by atoms with Crippen LogP contribution in [-0.4, -0.2) is 32.5 Å². The number of halogens is 1. The lowest BCUT2D eigenvalue weighted by molar-refractivity contribution is 0.0963. The lowest BCUT2D eigenvalue weighted by Crippen LogP contribution is -2.18. The Hall–Kier alpha value is -4.52. The summed E-state index contributed by atoms with van der Waals surface area (Å²) in [5.41, 5.74) is 8.09. The largest absolute Gasteiger partial charge is 0.382 e. The van der Waals surface area contributed by atoms with Crippen LogP contribution in [0.25, 0.3) is 16.7 Å². The SMILES string of the molecule is CNC(=O)c1cccc(-n2c([C@H](C)Nc3ncnc(N)c3C#N)nc3ccc(F)cc32)c1. The minimum atomic E-state index is -0.462. The maximum absolute atomic E-state index is 14.1. The maximum Gasteiger partial charge on any atom is 0.251 e. The molecular weight excluding hydrogens is 411 g/mol. The molecule has 0 saturated heterocycles. The Kier molecular flexibility index (Phi) is 5.39. The molecule has 9 nitrogen and oxygen atoms in total. The molecule has 10 heteroatoms. The van der Waals surface area contributed by atoms with Gasteiger partial charge in [0.15, 0.2) is 0 Å². The number of nitriles is 1. The van der Waals surface area contributed by atoms with Crippen LogP contribution in [0, 0.1) is 17.1 Å². The van der Waals surface area contributed by atoms with Crippen molar-refractivity contribution in [3.8, 4) is 11.8 Å². The summed E-state index contributed by atoms with van der Waals surface area (Å²) >= 11 is 0. The van der Waals surface area contributed by atoms with E-state index < -0.39 is 11.9 Å². The van der Waals surface area contributed by atoms with E-state index in [1.54, 1.807) is 41.9 Å². The van der Waals surface area contributed by atoms with Gasteiger partial charge in [-0.3, -0.25) is 9.36 Å². The van der Waals surface area contributed by atoms with Gasteiger partial charge in [-0.1, -0.05) is 6.07 Å². The molecule has 0 radical (unpaired) electrons. The Morgan fingerprint density at radius 1 is 1.25 bits per heavy atom. The molecular formula is C22H19FN8O. The molecule has 2 heterocycles. The zero-order valence-corrected chi connectivity index (χ0v) is 17.3. The molecule has 4 aromatic rings. The molecule has 4 N–H and O–H groups in total. The predicted octanol–water partition coefficient (Wildman–Crippen LogP) is 2.94. The van der Waals surface area contributed by atoms with Gasteiger partial charge >= 0.3 is 0 Å². The molecule has 0 aliphatic heterocycles. The predicted molar refractivity (Wildman–Crippen MR) is 118 cm³/mol. The minimum absolute atomic E-state index is 0.0612. The Bertz CT molecular complexity index is 1370. The van der Waals surface area contributed by atoms with E-state index in [0.717, 1.165) is 0 Å². The Balaban J connectivity index is 1.87. The van der Waals surface area contributed by atoms with Crippen molar-refractivity contribution < 1.29 is 9.18 Å². The van der Waals surface area contributed by atoms with Crippen molar-refractivity contribution in [2.75, 3.05) is 18.1 Å². The van der Waals surface area contributed by atoms with E-state index in [9.17, 15) is 14.4 Å². The van der Waals surface area contributed by atoms with Gasteiger partial charge in [-0.25, -0.2) is 19.3 Å². The molecule has 2 aromatic heterocycles. The summed E-state index contributed by atoms with van der Waals surface area (Å²) in [5, 5.41) is 15.2. The van der Waals surface area contributed by atoms with Crippen molar-refractivity contribution in [1.29, 1.82) is 5.26 Å². The third-order valence-electron chi connectivity index (χ3n) is 4.96. The molecule has 0 unspecified atom stereocenters. The second-order valence-corrected chi connectivity index (χ2v) is 7.03. The fourth-order valence-corrected chi connectivity index (χ4v) is 3.45. The number of anilines is 2. The molecule has 32 heavy (non-hydrogen) atoms. The molecule has 160 valence electrons. The lowest BCUT2D eigenvalue weighted by Gasteiger charge is -2.18. The van der Waals surface area contributed by atoms with Crippen LogP contribution in [0.15, 0.2) is 48.8 Å². The number of aromatic nitrogens is 4. The second kappa shape index (κ2) is 8.31. The number of nitrogens with one attached hydrogen (secondary N) is 2. The number of carbonyl (C=O) groups is 1. The fourth-order valence-electron chi connectivity index (χ4n) is 3.45. The first-order valence-electron chi connectivity index (χ1n) is 9.70. The Morgan fingerprint density at radius 2 is 2.06 bits per heavy atom. The summed E-state index contributed by atoms with van der Waals surface area (Å²) in [4.78, 5) is 24.8. The van der Waals surface area contributed by atoms with E-state index in [1.807, 2.05) is 13.0 Å². The van der Waals surface area contributed by atoms with Gasteiger partial charge in [-0.05, 0) is 37.3 Å². The molecule has 4 rings (SSSR count). The first-order valence-corrected chi connectivity index (χ1v) is 9.70. The molecule has 0 aliphatic rings. The van der Waals surface area contributed by atoms with Crippen LogP contribution >= 0.6 is 0 Å². The summed E-state index contributed by atoms with van der Waals surface area (Å²) in [5.74, 6) is 0.192. The molecule has 2 aromatic carbocycles. The fraction of sp³-hybridized carbons (Fsp3) is 0.136. The second-order valence-electron chi connectivity index (χ2n) is 7.03. The molecule has 0 fully saturated rings. The number of amides is 1. The van der Waals surface area contributed by atoms with Crippen LogP contribution < -0.4 is 16.4 Å². The molecule has 1 amide bonds. The molecule has 0 aliphatic carbocycles. The van der Waals surface area contributed by atoms with Crippen LogP contribution in [0.2, 0.25) is 0 Å². The molecule has 0 spiro atoms. The highest BCUT2D eigenvalue weighted by Crippen LogP contribution is 2.29. The first-order chi connectivity index (χ1) is 15.4. The van der Waals surface area contributed by atoms with Gasteiger partial charge in [0.1, 0.15) is 41.2 Å². The van der Waals surface area contributed by atoms with E-state index in [1.165, 1.54) is 18.5 Å². The zero-order chi connectivity index (χ0) is 22.8. The van der Waals surface area contributed by atoms with E-state index in [0.29, 0.717) is 28.1 Å². The van der Waals surface area contributed by atoms with Crippen molar-refractivity contribution >= 4 is 28.6 Å². The number of hydrogen-bond donors (Lipinski definition) is 3. The number of nitrogen functional groups attached to an aromatic ring is 1. The van der Waals surface area contributed by atoms with Gasteiger partial charge < -0.3 is 16.4 Å². The summed E-state index contributed by atoms with van der Waals surface area (Å²) in [6.07, 6.45) is 1.26. The van der Waals surface area contributed by atoms with E-state index in [2.05, 4.69) is 25.6 Å².